The topological polar surface area (TPSA) is 28.8 Å². The van der Waals surface area contributed by atoms with Gasteiger partial charge in [0.25, 0.3) is 0 Å². The van der Waals surface area contributed by atoms with Crippen molar-refractivity contribution in [1.29, 1.82) is 5.41 Å². The summed E-state index contributed by atoms with van der Waals surface area (Å²) < 4.78 is 1.95. The maximum atomic E-state index is 8.27. The van der Waals surface area contributed by atoms with Crippen molar-refractivity contribution in [3.63, 3.8) is 0 Å². The number of hydrogen-bond acceptors (Lipinski definition) is 1. The van der Waals surface area contributed by atoms with Crippen LogP contribution in [0.5, 0.6) is 0 Å². The maximum Gasteiger partial charge on any atom is 0.133 e. The van der Waals surface area contributed by atoms with Crippen molar-refractivity contribution in [2.24, 2.45) is 7.05 Å². The molecular formula is C15H14N2. The second kappa shape index (κ2) is 3.45. The minimum absolute atomic E-state index is 0.580. The molecule has 3 rings (SSSR count). The first-order valence-electron chi connectivity index (χ1n) is 5.72. The fourth-order valence-corrected chi connectivity index (χ4v) is 2.49. The van der Waals surface area contributed by atoms with Crippen LogP contribution in [0.3, 0.4) is 0 Å². The Morgan fingerprint density at radius 2 is 1.65 bits per heavy atom. The van der Waals surface area contributed by atoms with E-state index in [0.717, 1.165) is 16.5 Å². The molecule has 1 N–H and O–H groups in total. The lowest BCUT2D eigenvalue weighted by Crippen LogP contribution is -2.18. The summed E-state index contributed by atoms with van der Waals surface area (Å²) in [6, 6.07) is 14.5. The molecule has 0 atom stereocenters. The number of para-hydroxylation sites is 1. The molecule has 2 nitrogen and oxygen atoms in total. The summed E-state index contributed by atoms with van der Waals surface area (Å²) >= 11 is 0. The summed E-state index contributed by atoms with van der Waals surface area (Å²) in [7, 11) is 1.95. The average molecular weight is 222 g/mol. The van der Waals surface area contributed by atoms with Crippen LogP contribution in [0.15, 0.2) is 42.5 Å². The van der Waals surface area contributed by atoms with Gasteiger partial charge in [0.05, 0.1) is 0 Å². The molecule has 84 valence electrons. The van der Waals surface area contributed by atoms with Crippen molar-refractivity contribution in [2.45, 2.75) is 6.92 Å². The number of aryl methyl sites for hydroxylation is 2. The molecule has 0 radical (unpaired) electrons. The first-order chi connectivity index (χ1) is 8.20. The molecule has 0 unspecified atom stereocenters. The van der Waals surface area contributed by atoms with E-state index in [2.05, 4.69) is 37.3 Å². The molecule has 1 heterocycles. The van der Waals surface area contributed by atoms with Crippen LogP contribution >= 0.6 is 0 Å². The van der Waals surface area contributed by atoms with E-state index in [0.29, 0.717) is 5.49 Å². The van der Waals surface area contributed by atoms with E-state index in [4.69, 9.17) is 5.41 Å². The second-order valence-corrected chi connectivity index (χ2v) is 4.42. The van der Waals surface area contributed by atoms with E-state index in [-0.39, 0.29) is 0 Å². The van der Waals surface area contributed by atoms with E-state index in [1.165, 1.54) is 10.8 Å². The lowest BCUT2D eigenvalue weighted by Gasteiger charge is -2.11. The number of nitrogens with one attached hydrogen (secondary N) is 1. The van der Waals surface area contributed by atoms with Gasteiger partial charge in [-0.25, -0.2) is 0 Å². The molecule has 1 aromatic heterocycles. The van der Waals surface area contributed by atoms with Gasteiger partial charge >= 0.3 is 0 Å². The number of benzene rings is 2. The van der Waals surface area contributed by atoms with Crippen LogP contribution in [-0.2, 0) is 7.05 Å². The molecule has 0 aliphatic heterocycles. The van der Waals surface area contributed by atoms with E-state index in [9.17, 15) is 0 Å². The number of pyridine rings is 1. The Bertz CT molecular complexity index is 782. The van der Waals surface area contributed by atoms with Gasteiger partial charge in [-0.3, -0.25) is 5.41 Å². The Morgan fingerprint density at radius 3 is 2.47 bits per heavy atom. The van der Waals surface area contributed by atoms with Crippen molar-refractivity contribution in [2.75, 3.05) is 0 Å². The van der Waals surface area contributed by atoms with Gasteiger partial charge in [0.1, 0.15) is 5.49 Å². The predicted molar refractivity (Wildman–Crippen MR) is 71.0 cm³/mol. The Hall–Kier alpha value is -2.09. The second-order valence-electron chi connectivity index (χ2n) is 4.42. The first-order valence-corrected chi connectivity index (χ1v) is 5.72. The summed E-state index contributed by atoms with van der Waals surface area (Å²) in [6.45, 7) is 2.06. The SMILES string of the molecule is Cc1cccc2c1c(=N)n(C)c1ccccc21. The third kappa shape index (κ3) is 1.30. The zero-order valence-electron chi connectivity index (χ0n) is 9.99. The van der Waals surface area contributed by atoms with Gasteiger partial charge in [-0.05, 0) is 23.9 Å². The zero-order valence-corrected chi connectivity index (χ0v) is 9.99. The number of hydrogen-bond donors (Lipinski definition) is 1. The Labute approximate surface area is 99.6 Å². The minimum Gasteiger partial charge on any atom is -0.329 e. The third-order valence-corrected chi connectivity index (χ3v) is 3.40. The number of fused-ring (bicyclic) bond motifs is 3. The molecule has 0 fully saturated rings. The monoisotopic (exact) mass is 222 g/mol. The van der Waals surface area contributed by atoms with Crippen molar-refractivity contribution in [3.8, 4) is 0 Å². The number of rotatable bonds is 0. The van der Waals surface area contributed by atoms with Crippen LogP contribution in [0.2, 0.25) is 0 Å². The van der Waals surface area contributed by atoms with Gasteiger partial charge in [0, 0.05) is 23.3 Å². The highest BCUT2D eigenvalue weighted by Gasteiger charge is 2.06. The van der Waals surface area contributed by atoms with E-state index < -0.39 is 0 Å². The summed E-state index contributed by atoms with van der Waals surface area (Å²) in [4.78, 5) is 0. The smallest absolute Gasteiger partial charge is 0.133 e. The average Bonchev–Trinajstić information content (AvgIpc) is 2.36. The van der Waals surface area contributed by atoms with E-state index >= 15 is 0 Å². The van der Waals surface area contributed by atoms with E-state index in [1.54, 1.807) is 0 Å². The molecule has 0 bridgehead atoms. The van der Waals surface area contributed by atoms with Crippen molar-refractivity contribution >= 4 is 21.7 Å². The molecule has 17 heavy (non-hydrogen) atoms. The molecule has 0 aliphatic carbocycles. The van der Waals surface area contributed by atoms with E-state index in [1.807, 2.05) is 23.7 Å². The van der Waals surface area contributed by atoms with Crippen LogP contribution in [0.25, 0.3) is 21.7 Å². The van der Waals surface area contributed by atoms with Crippen LogP contribution in [0.1, 0.15) is 5.56 Å². The lowest BCUT2D eigenvalue weighted by atomic mass is 10.0. The van der Waals surface area contributed by atoms with Gasteiger partial charge in [0.2, 0.25) is 0 Å². The Kier molecular flexibility index (Phi) is 2.05. The predicted octanol–water partition coefficient (Wildman–Crippen LogP) is 3.12. The summed E-state index contributed by atoms with van der Waals surface area (Å²) in [5.74, 6) is 0. The quantitative estimate of drug-likeness (QED) is 0.566. The normalized spacial score (nSPS) is 11.2. The largest absolute Gasteiger partial charge is 0.329 e. The third-order valence-electron chi connectivity index (χ3n) is 3.40. The first kappa shape index (κ1) is 10.1. The molecule has 3 aromatic rings. The highest BCUT2D eigenvalue weighted by molar-refractivity contribution is 6.06. The Morgan fingerprint density at radius 1 is 0.941 bits per heavy atom. The summed E-state index contributed by atoms with van der Waals surface area (Å²) in [5, 5.41) is 11.7. The zero-order chi connectivity index (χ0) is 12.0. The van der Waals surface area contributed by atoms with Gasteiger partial charge in [-0.1, -0.05) is 36.4 Å². The van der Waals surface area contributed by atoms with Crippen molar-refractivity contribution in [3.05, 3.63) is 53.5 Å². The molecule has 0 saturated carbocycles. The number of aromatic nitrogens is 1. The van der Waals surface area contributed by atoms with Gasteiger partial charge in [-0.15, -0.1) is 0 Å². The summed E-state index contributed by atoms with van der Waals surface area (Å²) in [5.41, 5.74) is 2.85. The molecule has 0 spiro atoms. The van der Waals surface area contributed by atoms with Gasteiger partial charge < -0.3 is 4.57 Å². The number of nitrogens with zero attached hydrogens (tertiary/aromatic N) is 1. The minimum atomic E-state index is 0.580. The maximum absolute atomic E-state index is 8.27. The highest BCUT2D eigenvalue weighted by atomic mass is 14.9. The molecule has 0 amide bonds. The van der Waals surface area contributed by atoms with Crippen LogP contribution in [0, 0.1) is 12.3 Å². The van der Waals surface area contributed by atoms with Crippen LogP contribution in [-0.4, -0.2) is 4.57 Å². The van der Waals surface area contributed by atoms with Crippen LogP contribution < -0.4 is 5.49 Å². The standard InChI is InChI=1S/C15H14N2/c1-10-6-5-8-12-11-7-3-4-9-13(11)17(2)15(16)14(10)12/h3-9,16H,1-2H3. The molecule has 0 saturated heterocycles. The molecule has 2 heteroatoms. The highest BCUT2D eigenvalue weighted by Crippen LogP contribution is 2.23. The van der Waals surface area contributed by atoms with Gasteiger partial charge in [0.15, 0.2) is 0 Å². The van der Waals surface area contributed by atoms with Crippen LogP contribution in [0.4, 0.5) is 0 Å². The fraction of sp³-hybridized carbons (Fsp3) is 0.133. The Balaban J connectivity index is 2.76. The lowest BCUT2D eigenvalue weighted by molar-refractivity contribution is 0.869. The molecule has 0 aliphatic rings. The fourth-order valence-electron chi connectivity index (χ4n) is 2.49. The summed E-state index contributed by atoms with van der Waals surface area (Å²) in [6.07, 6.45) is 0. The molecular weight excluding hydrogens is 208 g/mol. The molecule has 2 aromatic carbocycles. The van der Waals surface area contributed by atoms with Crippen molar-refractivity contribution < 1.29 is 0 Å². The van der Waals surface area contributed by atoms with Gasteiger partial charge in [-0.2, -0.15) is 0 Å². The van der Waals surface area contributed by atoms with Crippen molar-refractivity contribution in [1.82, 2.24) is 4.57 Å².